The van der Waals surface area contributed by atoms with Crippen LogP contribution in [0.25, 0.3) is 11.3 Å². The second-order valence-corrected chi connectivity index (χ2v) is 6.05. The van der Waals surface area contributed by atoms with E-state index in [1.807, 2.05) is 0 Å². The highest BCUT2D eigenvalue weighted by atomic mass is 35.5. The molecule has 1 aromatic carbocycles. The molecule has 0 unspecified atom stereocenters. The van der Waals surface area contributed by atoms with Crippen molar-refractivity contribution in [1.29, 1.82) is 0 Å². The molecule has 2 heterocycles. The SMILES string of the molecule is O=C(O)c1cnc(OCCN2CCOCC2)nc1-c1ccc(F)cc1Cl. The summed E-state index contributed by atoms with van der Waals surface area (Å²) in [6.45, 7) is 4.08. The lowest BCUT2D eigenvalue weighted by Crippen LogP contribution is -2.38. The monoisotopic (exact) mass is 381 g/mol. The van der Waals surface area contributed by atoms with E-state index in [0.717, 1.165) is 25.4 Å². The van der Waals surface area contributed by atoms with E-state index < -0.39 is 11.8 Å². The summed E-state index contributed by atoms with van der Waals surface area (Å²) in [6.07, 6.45) is 1.16. The van der Waals surface area contributed by atoms with Gasteiger partial charge in [-0.1, -0.05) is 11.6 Å². The second kappa shape index (κ2) is 8.39. The van der Waals surface area contributed by atoms with Gasteiger partial charge in [0.05, 0.1) is 23.9 Å². The number of halogens is 2. The van der Waals surface area contributed by atoms with Gasteiger partial charge in [0.15, 0.2) is 0 Å². The molecule has 3 rings (SSSR count). The molecule has 1 aliphatic rings. The summed E-state index contributed by atoms with van der Waals surface area (Å²) in [5, 5.41) is 9.41. The van der Waals surface area contributed by atoms with E-state index in [-0.39, 0.29) is 22.3 Å². The van der Waals surface area contributed by atoms with E-state index >= 15 is 0 Å². The van der Waals surface area contributed by atoms with E-state index in [4.69, 9.17) is 21.1 Å². The zero-order valence-corrected chi connectivity index (χ0v) is 14.6. The van der Waals surface area contributed by atoms with Crippen LogP contribution in [0.4, 0.5) is 4.39 Å². The Balaban J connectivity index is 1.78. The highest BCUT2D eigenvalue weighted by molar-refractivity contribution is 6.33. The van der Waals surface area contributed by atoms with Crippen LogP contribution in [0.5, 0.6) is 6.01 Å². The molecular formula is C17H17ClFN3O4. The fourth-order valence-corrected chi connectivity index (χ4v) is 2.83. The topological polar surface area (TPSA) is 84.8 Å². The fourth-order valence-electron chi connectivity index (χ4n) is 2.57. The van der Waals surface area contributed by atoms with Crippen molar-refractivity contribution in [3.05, 3.63) is 40.8 Å². The van der Waals surface area contributed by atoms with Crippen LogP contribution in [0.1, 0.15) is 10.4 Å². The summed E-state index contributed by atoms with van der Waals surface area (Å²) in [4.78, 5) is 21.8. The maximum absolute atomic E-state index is 13.3. The van der Waals surface area contributed by atoms with Gasteiger partial charge in [0.1, 0.15) is 18.0 Å². The van der Waals surface area contributed by atoms with E-state index in [1.165, 1.54) is 12.1 Å². The minimum Gasteiger partial charge on any atom is -0.478 e. The first kappa shape index (κ1) is 18.5. The second-order valence-electron chi connectivity index (χ2n) is 5.65. The lowest BCUT2D eigenvalue weighted by molar-refractivity contribution is 0.0317. The molecule has 26 heavy (non-hydrogen) atoms. The number of nitrogens with zero attached hydrogens (tertiary/aromatic N) is 3. The van der Waals surface area contributed by atoms with Crippen molar-refractivity contribution in [2.24, 2.45) is 0 Å². The van der Waals surface area contributed by atoms with Crippen molar-refractivity contribution in [2.45, 2.75) is 0 Å². The van der Waals surface area contributed by atoms with Gasteiger partial charge in [-0.2, -0.15) is 4.98 Å². The molecule has 0 amide bonds. The number of carboxylic acid groups (broad SMARTS) is 1. The molecule has 1 aliphatic heterocycles. The number of carboxylic acids is 1. The van der Waals surface area contributed by atoms with Crippen LogP contribution >= 0.6 is 11.6 Å². The fraction of sp³-hybridized carbons (Fsp3) is 0.353. The van der Waals surface area contributed by atoms with Crippen LogP contribution < -0.4 is 4.74 Å². The highest BCUT2D eigenvalue weighted by Crippen LogP contribution is 2.30. The lowest BCUT2D eigenvalue weighted by Gasteiger charge is -2.26. The molecule has 138 valence electrons. The molecule has 1 N–H and O–H groups in total. The molecule has 7 nitrogen and oxygen atoms in total. The zero-order valence-electron chi connectivity index (χ0n) is 13.8. The van der Waals surface area contributed by atoms with Gasteiger partial charge < -0.3 is 14.6 Å². The van der Waals surface area contributed by atoms with Crippen molar-refractivity contribution in [1.82, 2.24) is 14.9 Å². The summed E-state index contributed by atoms with van der Waals surface area (Å²) >= 11 is 6.05. The van der Waals surface area contributed by atoms with E-state index in [0.29, 0.717) is 31.9 Å². The molecule has 1 fully saturated rings. The number of hydrogen-bond acceptors (Lipinski definition) is 6. The first-order chi connectivity index (χ1) is 12.5. The Hall–Kier alpha value is -2.29. The molecular weight excluding hydrogens is 365 g/mol. The summed E-state index contributed by atoms with van der Waals surface area (Å²) in [6, 6.07) is 3.71. The minimum absolute atomic E-state index is 0.0404. The molecule has 0 bridgehead atoms. The normalized spacial score (nSPS) is 15.0. The van der Waals surface area contributed by atoms with Crippen molar-refractivity contribution in [3.63, 3.8) is 0 Å². The van der Waals surface area contributed by atoms with Gasteiger partial charge in [-0.25, -0.2) is 14.2 Å². The van der Waals surface area contributed by atoms with Gasteiger partial charge in [0.25, 0.3) is 0 Å². The molecule has 9 heteroatoms. The number of ether oxygens (including phenoxy) is 2. The van der Waals surface area contributed by atoms with E-state index in [9.17, 15) is 14.3 Å². The van der Waals surface area contributed by atoms with E-state index in [2.05, 4.69) is 14.9 Å². The average molecular weight is 382 g/mol. The Kier molecular flexibility index (Phi) is 5.97. The lowest BCUT2D eigenvalue weighted by atomic mass is 10.1. The van der Waals surface area contributed by atoms with Crippen molar-refractivity contribution >= 4 is 17.6 Å². The summed E-state index contributed by atoms with van der Waals surface area (Å²) in [7, 11) is 0. The summed E-state index contributed by atoms with van der Waals surface area (Å²) < 4.78 is 24.1. The number of hydrogen-bond donors (Lipinski definition) is 1. The minimum atomic E-state index is -1.21. The molecule has 0 spiro atoms. The van der Waals surface area contributed by atoms with Gasteiger partial charge in [-0.3, -0.25) is 4.90 Å². The van der Waals surface area contributed by atoms with Crippen LogP contribution in [0.15, 0.2) is 24.4 Å². The Morgan fingerprint density at radius 2 is 2.15 bits per heavy atom. The number of rotatable bonds is 6. The first-order valence-electron chi connectivity index (χ1n) is 8.03. The van der Waals surface area contributed by atoms with Crippen LogP contribution in [-0.2, 0) is 4.74 Å². The third-order valence-electron chi connectivity index (χ3n) is 3.93. The predicted octanol–water partition coefficient (Wildman–Crippen LogP) is 2.35. The van der Waals surface area contributed by atoms with Crippen LogP contribution in [0.2, 0.25) is 5.02 Å². The molecule has 0 saturated carbocycles. The predicted molar refractivity (Wildman–Crippen MR) is 92.1 cm³/mol. The van der Waals surface area contributed by atoms with Crippen LogP contribution in [-0.4, -0.2) is 65.4 Å². The number of benzene rings is 1. The molecule has 1 aromatic heterocycles. The van der Waals surface area contributed by atoms with E-state index in [1.54, 1.807) is 0 Å². The van der Waals surface area contributed by atoms with Gasteiger partial charge in [-0.15, -0.1) is 0 Å². The first-order valence-corrected chi connectivity index (χ1v) is 8.41. The average Bonchev–Trinajstić information content (AvgIpc) is 2.62. The maximum Gasteiger partial charge on any atom is 0.339 e. The van der Waals surface area contributed by atoms with Crippen LogP contribution in [0.3, 0.4) is 0 Å². The molecule has 1 saturated heterocycles. The largest absolute Gasteiger partial charge is 0.478 e. The third kappa shape index (κ3) is 4.46. The molecule has 0 aliphatic carbocycles. The van der Waals surface area contributed by atoms with Gasteiger partial charge in [0.2, 0.25) is 0 Å². The Morgan fingerprint density at radius 3 is 2.85 bits per heavy atom. The maximum atomic E-state index is 13.3. The number of aromatic carboxylic acids is 1. The standard InChI is InChI=1S/C17H17ClFN3O4/c18-14-9-11(19)1-2-12(14)15-13(16(23)24)10-20-17(21-15)26-8-5-22-3-6-25-7-4-22/h1-2,9-10H,3-8H2,(H,23,24). The van der Waals surface area contributed by atoms with Crippen molar-refractivity contribution < 1.29 is 23.8 Å². The number of aromatic nitrogens is 2. The molecule has 0 atom stereocenters. The zero-order chi connectivity index (χ0) is 18.5. The smallest absolute Gasteiger partial charge is 0.339 e. The quantitative estimate of drug-likeness (QED) is 0.822. The Labute approximate surface area is 154 Å². The summed E-state index contributed by atoms with van der Waals surface area (Å²) in [5.74, 6) is -1.73. The van der Waals surface area contributed by atoms with Gasteiger partial charge in [0, 0.05) is 31.4 Å². The van der Waals surface area contributed by atoms with Crippen molar-refractivity contribution in [3.8, 4) is 17.3 Å². The van der Waals surface area contributed by atoms with Crippen molar-refractivity contribution in [2.75, 3.05) is 39.5 Å². The molecule has 0 radical (unpaired) electrons. The Morgan fingerprint density at radius 1 is 1.38 bits per heavy atom. The Bertz CT molecular complexity index is 800. The van der Waals surface area contributed by atoms with Gasteiger partial charge in [-0.05, 0) is 18.2 Å². The summed E-state index contributed by atoms with van der Waals surface area (Å²) in [5.41, 5.74) is 0.240. The van der Waals surface area contributed by atoms with Gasteiger partial charge >= 0.3 is 12.0 Å². The number of carbonyl (C=O) groups is 1. The number of morpholine rings is 1. The third-order valence-corrected chi connectivity index (χ3v) is 4.24. The highest BCUT2D eigenvalue weighted by Gasteiger charge is 2.19. The molecule has 2 aromatic rings. The van der Waals surface area contributed by atoms with Crippen LogP contribution in [0, 0.1) is 5.82 Å².